The summed E-state index contributed by atoms with van der Waals surface area (Å²) in [5.41, 5.74) is 7.70. The fraction of sp³-hybridized carbons (Fsp3) is 0.294. The average Bonchev–Trinajstić information content (AvgIpc) is 3.25. The van der Waals surface area contributed by atoms with Crippen LogP contribution in [0.1, 0.15) is 43.1 Å². The highest BCUT2D eigenvalue weighted by Gasteiger charge is 2.26. The number of rotatable bonds is 3. The van der Waals surface area contributed by atoms with E-state index in [0.29, 0.717) is 22.1 Å². The molecule has 1 saturated carbocycles. The minimum absolute atomic E-state index is 0.186. The first-order valence-electron chi connectivity index (χ1n) is 7.71. The number of hydrogen-bond acceptors (Lipinski definition) is 3. The van der Waals surface area contributed by atoms with Crippen LogP contribution in [-0.4, -0.2) is 14.8 Å². The lowest BCUT2D eigenvalue weighted by atomic mass is 10.1. The molecule has 6 heteroatoms. The number of halogens is 1. The molecule has 2 heterocycles. The van der Waals surface area contributed by atoms with E-state index in [1.165, 1.54) is 12.8 Å². The molecule has 1 aromatic carbocycles. The fourth-order valence-electron chi connectivity index (χ4n) is 2.95. The van der Waals surface area contributed by atoms with E-state index in [1.807, 2.05) is 31.2 Å². The van der Waals surface area contributed by atoms with Crippen LogP contribution in [0.4, 0.5) is 0 Å². The first kappa shape index (κ1) is 14.5. The van der Waals surface area contributed by atoms with Gasteiger partial charge < -0.3 is 5.73 Å². The van der Waals surface area contributed by atoms with Gasteiger partial charge in [-0.2, -0.15) is 5.10 Å². The molecule has 1 atom stereocenters. The first-order valence-corrected chi connectivity index (χ1v) is 8.09. The van der Waals surface area contributed by atoms with Gasteiger partial charge >= 0.3 is 0 Å². The Morgan fingerprint density at radius 3 is 2.87 bits per heavy atom. The highest BCUT2D eigenvalue weighted by Crippen LogP contribution is 2.39. The van der Waals surface area contributed by atoms with Crippen molar-refractivity contribution >= 4 is 22.4 Å². The molecule has 3 aromatic rings. The van der Waals surface area contributed by atoms with Crippen LogP contribution >= 0.6 is 11.6 Å². The van der Waals surface area contributed by atoms with E-state index in [9.17, 15) is 4.79 Å². The zero-order valence-electron chi connectivity index (χ0n) is 12.7. The molecule has 23 heavy (non-hydrogen) atoms. The highest BCUT2D eigenvalue weighted by molar-refractivity contribution is 6.35. The summed E-state index contributed by atoms with van der Waals surface area (Å²) < 4.78 is 1.57. The summed E-state index contributed by atoms with van der Waals surface area (Å²) in [6.45, 7) is 1.86. The van der Waals surface area contributed by atoms with Crippen LogP contribution in [-0.2, 0) is 0 Å². The molecule has 1 aliphatic rings. The van der Waals surface area contributed by atoms with Gasteiger partial charge in [0.15, 0.2) is 5.82 Å². The van der Waals surface area contributed by atoms with E-state index in [1.54, 1.807) is 10.6 Å². The standard InChI is InChI=1S/C17H17ClN4O/c1-9(19)14-7-11-3-2-4-12(18)16(11)17(23)22(14)15-8-13(20-21-15)10-5-6-10/h2-4,7-10H,5-6,19H2,1H3,(H,20,21). The predicted molar refractivity (Wildman–Crippen MR) is 91.3 cm³/mol. The maximum Gasteiger partial charge on any atom is 0.265 e. The molecule has 0 bridgehead atoms. The smallest absolute Gasteiger partial charge is 0.265 e. The number of aromatic amines is 1. The molecule has 118 valence electrons. The SMILES string of the molecule is CC(N)c1cc2cccc(Cl)c2c(=O)n1-c1cc(C2CC2)[nH]n1. The minimum atomic E-state index is -0.299. The van der Waals surface area contributed by atoms with E-state index in [-0.39, 0.29) is 11.6 Å². The molecular weight excluding hydrogens is 312 g/mol. The molecule has 0 radical (unpaired) electrons. The Morgan fingerprint density at radius 2 is 2.17 bits per heavy atom. The zero-order valence-corrected chi connectivity index (χ0v) is 13.5. The quantitative estimate of drug-likeness (QED) is 0.774. The Labute approximate surface area is 138 Å². The summed E-state index contributed by atoms with van der Waals surface area (Å²) in [4.78, 5) is 13.0. The number of nitrogens with two attached hydrogens (primary N) is 1. The molecule has 0 spiro atoms. The molecule has 1 fully saturated rings. The van der Waals surface area contributed by atoms with Crippen LogP contribution in [0.3, 0.4) is 0 Å². The van der Waals surface area contributed by atoms with Gasteiger partial charge in [-0.15, -0.1) is 0 Å². The molecule has 4 rings (SSSR count). The Kier molecular flexibility index (Phi) is 3.28. The van der Waals surface area contributed by atoms with Crippen molar-refractivity contribution in [2.45, 2.75) is 31.7 Å². The first-order chi connectivity index (χ1) is 11.1. The third-order valence-electron chi connectivity index (χ3n) is 4.32. The Balaban J connectivity index is 2.02. The lowest BCUT2D eigenvalue weighted by molar-refractivity contribution is 0.724. The van der Waals surface area contributed by atoms with Crippen molar-refractivity contribution in [2.24, 2.45) is 5.73 Å². The van der Waals surface area contributed by atoms with Gasteiger partial charge in [0.1, 0.15) is 0 Å². The summed E-state index contributed by atoms with van der Waals surface area (Å²) in [5.74, 6) is 1.11. The third-order valence-corrected chi connectivity index (χ3v) is 4.64. The third kappa shape index (κ3) is 2.36. The van der Waals surface area contributed by atoms with E-state index in [0.717, 1.165) is 16.8 Å². The molecule has 2 aromatic heterocycles. The number of hydrogen-bond donors (Lipinski definition) is 2. The second-order valence-electron chi connectivity index (χ2n) is 6.16. The number of aromatic nitrogens is 3. The molecule has 1 aliphatic carbocycles. The Hall–Kier alpha value is -2.11. The summed E-state index contributed by atoms with van der Waals surface area (Å²) in [7, 11) is 0. The Morgan fingerprint density at radius 1 is 1.39 bits per heavy atom. The molecular formula is C17H17ClN4O. The van der Waals surface area contributed by atoms with Gasteiger partial charge in [0.05, 0.1) is 10.4 Å². The number of nitrogens with one attached hydrogen (secondary N) is 1. The fourth-order valence-corrected chi connectivity index (χ4v) is 3.22. The van der Waals surface area contributed by atoms with Crippen LogP contribution in [0.2, 0.25) is 5.02 Å². The van der Waals surface area contributed by atoms with Crippen molar-refractivity contribution in [2.75, 3.05) is 0 Å². The van der Waals surface area contributed by atoms with Gasteiger partial charge in [0, 0.05) is 29.4 Å². The van der Waals surface area contributed by atoms with Crippen LogP contribution in [0.15, 0.2) is 35.1 Å². The van der Waals surface area contributed by atoms with Crippen LogP contribution in [0, 0.1) is 0 Å². The van der Waals surface area contributed by atoms with Crippen molar-refractivity contribution in [1.29, 1.82) is 0 Å². The topological polar surface area (TPSA) is 76.7 Å². The summed E-state index contributed by atoms with van der Waals surface area (Å²) in [6, 6.07) is 8.98. The average molecular weight is 329 g/mol. The van der Waals surface area contributed by atoms with Gasteiger partial charge in [0.25, 0.3) is 5.56 Å². The van der Waals surface area contributed by atoms with Gasteiger partial charge in [-0.25, -0.2) is 0 Å². The van der Waals surface area contributed by atoms with Crippen molar-refractivity contribution in [3.63, 3.8) is 0 Å². The lowest BCUT2D eigenvalue weighted by Crippen LogP contribution is -2.26. The monoisotopic (exact) mass is 328 g/mol. The molecule has 0 saturated heterocycles. The summed E-state index contributed by atoms with van der Waals surface area (Å²) >= 11 is 6.25. The van der Waals surface area contributed by atoms with Crippen molar-refractivity contribution in [3.05, 3.63) is 57.1 Å². The van der Waals surface area contributed by atoms with Crippen molar-refractivity contribution in [3.8, 4) is 5.82 Å². The Bertz CT molecular complexity index is 953. The minimum Gasteiger partial charge on any atom is -0.323 e. The van der Waals surface area contributed by atoms with Gasteiger partial charge in [-0.05, 0) is 37.3 Å². The lowest BCUT2D eigenvalue weighted by Gasteiger charge is -2.15. The largest absolute Gasteiger partial charge is 0.323 e. The van der Waals surface area contributed by atoms with E-state index < -0.39 is 0 Å². The normalized spacial score (nSPS) is 16.0. The zero-order chi connectivity index (χ0) is 16.1. The predicted octanol–water partition coefficient (Wildman–Crippen LogP) is 3.26. The van der Waals surface area contributed by atoms with E-state index in [2.05, 4.69) is 10.2 Å². The molecule has 1 unspecified atom stereocenters. The maximum absolute atomic E-state index is 13.0. The van der Waals surface area contributed by atoms with E-state index in [4.69, 9.17) is 17.3 Å². The van der Waals surface area contributed by atoms with Crippen LogP contribution < -0.4 is 11.3 Å². The number of benzene rings is 1. The van der Waals surface area contributed by atoms with Gasteiger partial charge in [-0.3, -0.25) is 14.5 Å². The second kappa shape index (κ2) is 5.22. The van der Waals surface area contributed by atoms with Gasteiger partial charge in [0.2, 0.25) is 0 Å². The second-order valence-corrected chi connectivity index (χ2v) is 6.57. The molecule has 3 N–H and O–H groups in total. The number of fused-ring (bicyclic) bond motifs is 1. The molecule has 0 amide bonds. The summed E-state index contributed by atoms with van der Waals surface area (Å²) in [6.07, 6.45) is 2.33. The number of pyridine rings is 1. The number of H-pyrrole nitrogens is 1. The number of nitrogens with zero attached hydrogens (tertiary/aromatic N) is 2. The molecule has 5 nitrogen and oxygen atoms in total. The van der Waals surface area contributed by atoms with E-state index >= 15 is 0 Å². The van der Waals surface area contributed by atoms with Gasteiger partial charge in [-0.1, -0.05) is 23.7 Å². The van der Waals surface area contributed by atoms with Crippen molar-refractivity contribution in [1.82, 2.24) is 14.8 Å². The highest BCUT2D eigenvalue weighted by atomic mass is 35.5. The maximum atomic E-state index is 13.0. The van der Waals surface area contributed by atoms with Crippen molar-refractivity contribution < 1.29 is 0 Å². The van der Waals surface area contributed by atoms with Crippen LogP contribution in [0.5, 0.6) is 0 Å². The molecule has 0 aliphatic heterocycles. The van der Waals surface area contributed by atoms with Crippen LogP contribution in [0.25, 0.3) is 16.6 Å². The summed E-state index contributed by atoms with van der Waals surface area (Å²) in [5, 5.41) is 9.10.